The van der Waals surface area contributed by atoms with E-state index in [9.17, 15) is 0 Å². The number of nitrogens with zero attached hydrogens (tertiary/aromatic N) is 1. The van der Waals surface area contributed by atoms with Gasteiger partial charge in [-0.25, -0.2) is 0 Å². The minimum absolute atomic E-state index is 0.428. The Hall–Kier alpha value is -2.42. The lowest BCUT2D eigenvalue weighted by molar-refractivity contribution is -0.0139. The van der Waals surface area contributed by atoms with Gasteiger partial charge in [-0.1, -0.05) is 18.2 Å². The van der Waals surface area contributed by atoms with E-state index in [1.54, 1.807) is 0 Å². The van der Waals surface area contributed by atoms with Gasteiger partial charge in [-0.15, -0.1) is 0 Å². The Bertz CT molecular complexity index is 692. The van der Waals surface area contributed by atoms with Crippen LogP contribution in [0.25, 0.3) is 10.9 Å². The highest BCUT2D eigenvalue weighted by atomic mass is 16.7. The van der Waals surface area contributed by atoms with Gasteiger partial charge < -0.3 is 9.47 Å². The van der Waals surface area contributed by atoms with Crippen LogP contribution in [0.5, 0.6) is 11.5 Å². The van der Waals surface area contributed by atoms with E-state index in [0.29, 0.717) is 0 Å². The first kappa shape index (κ1) is 9.59. The van der Waals surface area contributed by atoms with Crippen molar-refractivity contribution in [1.29, 1.82) is 0 Å². The standard InChI is InChI=1S/C15H10NO2/c1-2-6-12-11(5-1)9-10-16(12)15-17-13-7-3-4-8-14(13)18-15/h2-10,15H. The fourth-order valence-corrected chi connectivity index (χ4v) is 2.23. The number of aromatic nitrogens is 1. The molecule has 3 heteroatoms. The van der Waals surface area contributed by atoms with Crippen LogP contribution in [0, 0.1) is 6.07 Å². The van der Waals surface area contributed by atoms with Crippen LogP contribution in [0.4, 0.5) is 0 Å². The van der Waals surface area contributed by atoms with Crippen molar-refractivity contribution in [3.63, 3.8) is 0 Å². The summed E-state index contributed by atoms with van der Waals surface area (Å²) < 4.78 is 13.6. The van der Waals surface area contributed by atoms with E-state index in [1.807, 2.05) is 59.3 Å². The van der Waals surface area contributed by atoms with Gasteiger partial charge in [-0.3, -0.25) is 4.57 Å². The number of benzene rings is 2. The predicted octanol–water partition coefficient (Wildman–Crippen LogP) is 3.37. The topological polar surface area (TPSA) is 23.4 Å². The highest BCUT2D eigenvalue weighted by molar-refractivity contribution is 5.79. The van der Waals surface area contributed by atoms with E-state index in [2.05, 4.69) is 6.07 Å². The molecule has 0 fully saturated rings. The molecule has 0 aliphatic carbocycles. The van der Waals surface area contributed by atoms with Gasteiger partial charge in [0.2, 0.25) is 0 Å². The van der Waals surface area contributed by atoms with E-state index in [0.717, 1.165) is 22.4 Å². The van der Waals surface area contributed by atoms with Crippen molar-refractivity contribution in [2.75, 3.05) is 0 Å². The van der Waals surface area contributed by atoms with E-state index >= 15 is 0 Å². The van der Waals surface area contributed by atoms with Crippen LogP contribution in [0.2, 0.25) is 0 Å². The number of rotatable bonds is 1. The Morgan fingerprint density at radius 2 is 1.78 bits per heavy atom. The quantitative estimate of drug-likeness (QED) is 0.646. The normalized spacial score (nSPS) is 14.2. The molecular weight excluding hydrogens is 226 g/mol. The van der Waals surface area contributed by atoms with Crippen LogP contribution < -0.4 is 9.47 Å². The summed E-state index contributed by atoms with van der Waals surface area (Å²) in [4.78, 5) is 0. The molecule has 3 aromatic rings. The second kappa shape index (κ2) is 3.53. The van der Waals surface area contributed by atoms with Crippen molar-refractivity contribution in [2.24, 2.45) is 0 Å². The van der Waals surface area contributed by atoms with Crippen LogP contribution >= 0.6 is 0 Å². The third-order valence-corrected chi connectivity index (χ3v) is 3.10. The molecule has 0 spiro atoms. The van der Waals surface area contributed by atoms with E-state index in [1.165, 1.54) is 0 Å². The summed E-state index contributed by atoms with van der Waals surface area (Å²) in [6.07, 6.45) is 1.54. The monoisotopic (exact) mass is 236 g/mol. The fourth-order valence-electron chi connectivity index (χ4n) is 2.23. The zero-order valence-corrected chi connectivity index (χ0v) is 9.54. The smallest absolute Gasteiger partial charge is 0.331 e. The van der Waals surface area contributed by atoms with Gasteiger partial charge in [0.05, 0.1) is 5.52 Å². The first-order valence-electron chi connectivity index (χ1n) is 5.81. The van der Waals surface area contributed by atoms with Crippen molar-refractivity contribution in [3.05, 3.63) is 60.8 Å². The predicted molar refractivity (Wildman–Crippen MR) is 67.5 cm³/mol. The third-order valence-electron chi connectivity index (χ3n) is 3.10. The van der Waals surface area contributed by atoms with Gasteiger partial charge in [-0.2, -0.15) is 0 Å². The zero-order valence-electron chi connectivity index (χ0n) is 9.54. The van der Waals surface area contributed by atoms with Crippen LogP contribution in [-0.2, 0) is 0 Å². The number of ether oxygens (including phenoxy) is 2. The molecule has 0 saturated heterocycles. The maximum atomic E-state index is 5.79. The molecule has 1 aliphatic heterocycles. The lowest BCUT2D eigenvalue weighted by Gasteiger charge is -2.13. The minimum Gasteiger partial charge on any atom is -0.433 e. The zero-order chi connectivity index (χ0) is 11.9. The molecular formula is C15H10NO2. The number of hydrogen-bond acceptors (Lipinski definition) is 2. The Labute approximate surface area is 104 Å². The van der Waals surface area contributed by atoms with Gasteiger partial charge in [0.15, 0.2) is 11.5 Å². The van der Waals surface area contributed by atoms with Gasteiger partial charge in [-0.05, 0) is 36.4 Å². The first-order valence-corrected chi connectivity index (χ1v) is 5.81. The van der Waals surface area contributed by atoms with Crippen molar-refractivity contribution in [3.8, 4) is 11.5 Å². The highest BCUT2D eigenvalue weighted by Crippen LogP contribution is 2.38. The summed E-state index contributed by atoms with van der Waals surface area (Å²) in [5.41, 5.74) is 1.08. The molecule has 0 atom stereocenters. The third kappa shape index (κ3) is 1.31. The molecule has 1 aromatic heterocycles. The molecule has 4 rings (SSSR count). The molecule has 0 bridgehead atoms. The van der Waals surface area contributed by atoms with Crippen LogP contribution in [-0.4, -0.2) is 4.57 Å². The Kier molecular flexibility index (Phi) is 1.88. The molecule has 0 amide bonds. The molecule has 0 N–H and O–H groups in total. The largest absolute Gasteiger partial charge is 0.433 e. The van der Waals surface area contributed by atoms with Crippen LogP contribution in [0.15, 0.2) is 54.7 Å². The minimum atomic E-state index is -0.428. The Morgan fingerprint density at radius 3 is 2.56 bits per heavy atom. The fraction of sp³-hybridized carbons (Fsp3) is 0.0667. The summed E-state index contributed by atoms with van der Waals surface area (Å²) >= 11 is 0. The highest BCUT2D eigenvalue weighted by Gasteiger charge is 2.25. The summed E-state index contributed by atoms with van der Waals surface area (Å²) in [6.45, 7) is 0. The molecule has 1 aliphatic rings. The number of hydrogen-bond donors (Lipinski definition) is 0. The molecule has 1 radical (unpaired) electrons. The summed E-state index contributed by atoms with van der Waals surface area (Å²) in [5.74, 6) is 1.57. The molecule has 87 valence electrons. The summed E-state index contributed by atoms with van der Waals surface area (Å²) in [5, 5.41) is 1.13. The summed E-state index contributed by atoms with van der Waals surface area (Å²) in [7, 11) is 0. The molecule has 18 heavy (non-hydrogen) atoms. The maximum Gasteiger partial charge on any atom is 0.331 e. The average Bonchev–Trinajstić information content (AvgIpc) is 3.02. The van der Waals surface area contributed by atoms with E-state index in [4.69, 9.17) is 9.47 Å². The second-order valence-corrected chi connectivity index (χ2v) is 4.20. The van der Waals surface area contributed by atoms with Crippen LogP contribution in [0.3, 0.4) is 0 Å². The number of para-hydroxylation sites is 2. The van der Waals surface area contributed by atoms with Crippen molar-refractivity contribution in [2.45, 2.75) is 6.41 Å². The van der Waals surface area contributed by atoms with Gasteiger partial charge in [0.1, 0.15) is 0 Å². The SMILES string of the molecule is [c]1ccc2c(c1)ccn2C1Oc2ccccc2O1. The van der Waals surface area contributed by atoms with E-state index < -0.39 is 6.41 Å². The van der Waals surface area contributed by atoms with Crippen molar-refractivity contribution >= 4 is 10.9 Å². The molecule has 3 nitrogen and oxygen atoms in total. The molecule has 2 heterocycles. The lowest BCUT2D eigenvalue weighted by atomic mass is 10.2. The van der Waals surface area contributed by atoms with Crippen molar-refractivity contribution in [1.82, 2.24) is 4.57 Å². The maximum absolute atomic E-state index is 5.79. The second-order valence-electron chi connectivity index (χ2n) is 4.20. The first-order chi connectivity index (χ1) is 8.92. The van der Waals surface area contributed by atoms with Gasteiger partial charge in [0, 0.05) is 11.6 Å². The van der Waals surface area contributed by atoms with Crippen LogP contribution in [0.1, 0.15) is 6.41 Å². The van der Waals surface area contributed by atoms with Gasteiger partial charge in [0.25, 0.3) is 0 Å². The lowest BCUT2D eigenvalue weighted by Crippen LogP contribution is -2.15. The number of fused-ring (bicyclic) bond motifs is 2. The Morgan fingerprint density at radius 1 is 1.00 bits per heavy atom. The summed E-state index contributed by atoms with van der Waals surface area (Å²) in [6, 6.07) is 18.6. The molecule has 0 unspecified atom stereocenters. The molecule has 0 saturated carbocycles. The van der Waals surface area contributed by atoms with Gasteiger partial charge >= 0.3 is 6.41 Å². The molecule has 2 aromatic carbocycles. The average molecular weight is 236 g/mol. The Balaban J connectivity index is 1.78. The van der Waals surface area contributed by atoms with Crippen molar-refractivity contribution < 1.29 is 9.47 Å². The van der Waals surface area contributed by atoms with E-state index in [-0.39, 0.29) is 0 Å².